The molecule has 2 aromatic rings. The Hall–Kier alpha value is -1.57. The van der Waals surface area contributed by atoms with E-state index < -0.39 is 5.82 Å². The number of hydrogen-bond acceptors (Lipinski definition) is 2. The molecule has 0 fully saturated rings. The van der Waals surface area contributed by atoms with E-state index in [-0.39, 0.29) is 5.02 Å². The molecule has 0 heterocycles. The molecule has 0 saturated carbocycles. The van der Waals surface area contributed by atoms with Crippen LogP contribution in [0.3, 0.4) is 0 Å². The summed E-state index contributed by atoms with van der Waals surface area (Å²) < 4.78 is 14.1. The van der Waals surface area contributed by atoms with Crippen LogP contribution in [-0.2, 0) is 0 Å². The zero-order chi connectivity index (χ0) is 13.1. The first kappa shape index (κ1) is 12.9. The van der Waals surface area contributed by atoms with Crippen LogP contribution in [0, 0.1) is 17.1 Å². The summed E-state index contributed by atoms with van der Waals surface area (Å²) in [6, 6.07) is 11.7. The predicted octanol–water partition coefficient (Wildman–Crippen LogP) is 4.86. The number of hydrogen-bond donors (Lipinski definition) is 1. The quantitative estimate of drug-likeness (QED) is 0.856. The molecule has 0 bridgehead atoms. The van der Waals surface area contributed by atoms with Gasteiger partial charge < -0.3 is 5.32 Å². The molecule has 0 aliphatic rings. The van der Waals surface area contributed by atoms with Gasteiger partial charge in [-0.2, -0.15) is 5.26 Å². The lowest BCUT2D eigenvalue weighted by Crippen LogP contribution is -1.94. The summed E-state index contributed by atoms with van der Waals surface area (Å²) in [5.41, 5.74) is 1.62. The molecule has 0 saturated heterocycles. The van der Waals surface area contributed by atoms with Crippen molar-refractivity contribution in [1.29, 1.82) is 5.26 Å². The second-order valence-corrected chi connectivity index (χ2v) is 4.88. The van der Waals surface area contributed by atoms with E-state index in [9.17, 15) is 4.39 Å². The molecule has 2 rings (SSSR count). The Bertz CT molecular complexity index is 637. The Kier molecular flexibility index (Phi) is 3.85. The van der Waals surface area contributed by atoms with Crippen molar-refractivity contribution in [3.05, 3.63) is 57.3 Å². The van der Waals surface area contributed by atoms with Crippen molar-refractivity contribution >= 4 is 38.9 Å². The minimum absolute atomic E-state index is 0.0665. The third kappa shape index (κ3) is 2.81. The van der Waals surface area contributed by atoms with Crippen molar-refractivity contribution < 1.29 is 4.39 Å². The fourth-order valence-electron chi connectivity index (χ4n) is 1.45. The third-order valence-electron chi connectivity index (χ3n) is 2.30. The number of benzene rings is 2. The van der Waals surface area contributed by atoms with Gasteiger partial charge in [0, 0.05) is 10.2 Å². The average Bonchev–Trinajstić information content (AvgIpc) is 2.36. The smallest absolute Gasteiger partial charge is 0.143 e. The van der Waals surface area contributed by atoms with Gasteiger partial charge in [0.25, 0.3) is 0 Å². The Morgan fingerprint density at radius 2 is 2.00 bits per heavy atom. The fraction of sp³-hybridized carbons (Fsp3) is 0. The molecule has 0 aliphatic carbocycles. The summed E-state index contributed by atoms with van der Waals surface area (Å²) in [6.45, 7) is 0. The highest BCUT2D eigenvalue weighted by atomic mass is 79.9. The van der Waals surface area contributed by atoms with Crippen molar-refractivity contribution in [2.45, 2.75) is 0 Å². The van der Waals surface area contributed by atoms with Crippen LogP contribution in [0.4, 0.5) is 15.8 Å². The molecule has 90 valence electrons. The molecule has 0 spiro atoms. The highest BCUT2D eigenvalue weighted by Crippen LogP contribution is 2.26. The lowest BCUT2D eigenvalue weighted by Gasteiger charge is -2.09. The van der Waals surface area contributed by atoms with Crippen molar-refractivity contribution in [3.63, 3.8) is 0 Å². The van der Waals surface area contributed by atoms with E-state index >= 15 is 0 Å². The first-order valence-electron chi connectivity index (χ1n) is 5.02. The van der Waals surface area contributed by atoms with Gasteiger partial charge in [0.2, 0.25) is 0 Å². The van der Waals surface area contributed by atoms with Gasteiger partial charge in [-0.1, -0.05) is 27.5 Å². The second kappa shape index (κ2) is 5.38. The fourth-order valence-corrected chi connectivity index (χ4v) is 1.93. The normalized spacial score (nSPS) is 9.89. The van der Waals surface area contributed by atoms with E-state index in [2.05, 4.69) is 27.3 Å². The SMILES string of the molecule is N#Cc1cc(Br)ccc1Nc1ccc(Cl)c(F)c1. The zero-order valence-corrected chi connectivity index (χ0v) is 11.4. The van der Waals surface area contributed by atoms with E-state index in [0.29, 0.717) is 16.9 Å². The molecule has 1 N–H and O–H groups in total. The summed E-state index contributed by atoms with van der Waals surface area (Å²) in [5, 5.41) is 12.1. The molecule has 0 aliphatic heterocycles. The average molecular weight is 326 g/mol. The molecule has 0 aromatic heterocycles. The van der Waals surface area contributed by atoms with E-state index in [4.69, 9.17) is 16.9 Å². The van der Waals surface area contributed by atoms with Crippen LogP contribution in [0.25, 0.3) is 0 Å². The van der Waals surface area contributed by atoms with Crippen LogP contribution in [0.15, 0.2) is 40.9 Å². The van der Waals surface area contributed by atoms with Gasteiger partial charge >= 0.3 is 0 Å². The monoisotopic (exact) mass is 324 g/mol. The predicted molar refractivity (Wildman–Crippen MR) is 73.5 cm³/mol. The standard InChI is InChI=1S/C13H7BrClFN2/c14-9-1-4-13(8(5-9)7-17)18-10-2-3-11(15)12(16)6-10/h1-6,18H. The summed E-state index contributed by atoms with van der Waals surface area (Å²) in [6.07, 6.45) is 0. The van der Waals surface area contributed by atoms with E-state index in [1.807, 2.05) is 0 Å². The molecule has 2 aromatic carbocycles. The van der Waals surface area contributed by atoms with E-state index in [1.165, 1.54) is 12.1 Å². The number of nitriles is 1. The van der Waals surface area contributed by atoms with Crippen LogP contribution in [0.2, 0.25) is 5.02 Å². The summed E-state index contributed by atoms with van der Waals surface area (Å²) in [7, 11) is 0. The third-order valence-corrected chi connectivity index (χ3v) is 3.10. The Morgan fingerprint density at radius 1 is 1.22 bits per heavy atom. The van der Waals surface area contributed by atoms with Crippen LogP contribution in [0.1, 0.15) is 5.56 Å². The molecule has 5 heteroatoms. The first-order chi connectivity index (χ1) is 8.60. The number of rotatable bonds is 2. The minimum atomic E-state index is -0.503. The van der Waals surface area contributed by atoms with Crippen LogP contribution < -0.4 is 5.32 Å². The molecule has 18 heavy (non-hydrogen) atoms. The molecule has 2 nitrogen and oxygen atoms in total. The topological polar surface area (TPSA) is 35.8 Å². The zero-order valence-electron chi connectivity index (χ0n) is 9.05. The number of nitrogens with one attached hydrogen (secondary N) is 1. The number of halogens is 3. The minimum Gasteiger partial charge on any atom is -0.354 e. The van der Waals surface area contributed by atoms with Gasteiger partial charge in [0.15, 0.2) is 0 Å². The van der Waals surface area contributed by atoms with Crippen molar-refractivity contribution in [2.24, 2.45) is 0 Å². The van der Waals surface area contributed by atoms with Gasteiger partial charge in [0.05, 0.1) is 16.3 Å². The maximum absolute atomic E-state index is 13.3. The van der Waals surface area contributed by atoms with Crippen molar-refractivity contribution in [2.75, 3.05) is 5.32 Å². The van der Waals surface area contributed by atoms with Gasteiger partial charge in [-0.05, 0) is 36.4 Å². The Labute approximate surface area is 117 Å². The maximum Gasteiger partial charge on any atom is 0.143 e. The van der Waals surface area contributed by atoms with Gasteiger partial charge in [-0.25, -0.2) is 4.39 Å². The number of anilines is 2. The molecular formula is C13H7BrClFN2. The van der Waals surface area contributed by atoms with Crippen LogP contribution in [0.5, 0.6) is 0 Å². The van der Waals surface area contributed by atoms with Gasteiger partial charge in [-0.3, -0.25) is 0 Å². The highest BCUT2D eigenvalue weighted by Gasteiger charge is 2.05. The van der Waals surface area contributed by atoms with Crippen molar-refractivity contribution in [3.8, 4) is 6.07 Å². The molecule has 0 amide bonds. The first-order valence-corrected chi connectivity index (χ1v) is 6.19. The molecule has 0 unspecified atom stereocenters. The molecular weight excluding hydrogens is 319 g/mol. The lowest BCUT2D eigenvalue weighted by atomic mass is 10.2. The largest absolute Gasteiger partial charge is 0.354 e. The summed E-state index contributed by atoms with van der Waals surface area (Å²) in [5.74, 6) is -0.503. The summed E-state index contributed by atoms with van der Waals surface area (Å²) in [4.78, 5) is 0. The van der Waals surface area contributed by atoms with Crippen LogP contribution >= 0.6 is 27.5 Å². The molecule has 0 radical (unpaired) electrons. The van der Waals surface area contributed by atoms with E-state index in [0.717, 1.165) is 4.47 Å². The lowest BCUT2D eigenvalue weighted by molar-refractivity contribution is 0.629. The Morgan fingerprint density at radius 3 is 2.67 bits per heavy atom. The van der Waals surface area contributed by atoms with Gasteiger partial charge in [-0.15, -0.1) is 0 Å². The number of nitrogens with zero attached hydrogens (tertiary/aromatic N) is 1. The summed E-state index contributed by atoms with van der Waals surface area (Å²) >= 11 is 8.89. The molecule has 0 atom stereocenters. The van der Waals surface area contributed by atoms with Crippen molar-refractivity contribution in [1.82, 2.24) is 0 Å². The van der Waals surface area contributed by atoms with Gasteiger partial charge in [0.1, 0.15) is 11.9 Å². The van der Waals surface area contributed by atoms with Crippen LogP contribution in [-0.4, -0.2) is 0 Å². The second-order valence-electron chi connectivity index (χ2n) is 3.56. The highest BCUT2D eigenvalue weighted by molar-refractivity contribution is 9.10. The van der Waals surface area contributed by atoms with E-state index in [1.54, 1.807) is 24.3 Å². The Balaban J connectivity index is 2.34. The maximum atomic E-state index is 13.3.